The third kappa shape index (κ3) is 3.16. The first-order valence-corrected chi connectivity index (χ1v) is 6.05. The second-order valence-electron chi connectivity index (χ2n) is 3.72. The Labute approximate surface area is 99.0 Å². The van der Waals surface area contributed by atoms with Crippen LogP contribution in [0.1, 0.15) is 37.6 Å². The molecule has 1 rings (SSSR count). The van der Waals surface area contributed by atoms with Gasteiger partial charge in [0.25, 0.3) is 0 Å². The van der Waals surface area contributed by atoms with Crippen molar-refractivity contribution in [2.24, 2.45) is 7.05 Å². The van der Waals surface area contributed by atoms with E-state index in [9.17, 15) is 4.79 Å². The summed E-state index contributed by atoms with van der Waals surface area (Å²) in [4.78, 5) is 11.1. The van der Waals surface area contributed by atoms with E-state index >= 15 is 0 Å². The molecule has 0 aliphatic heterocycles. The first-order chi connectivity index (χ1) is 7.06. The topological polar surface area (TPSA) is 34.9 Å². The Balaban J connectivity index is 2.54. The minimum absolute atomic E-state index is 0.338. The Morgan fingerprint density at radius 2 is 2.20 bits per heavy atom. The number of hydrogen-bond donors (Lipinski definition) is 0. The Morgan fingerprint density at radius 1 is 1.53 bits per heavy atom. The van der Waals surface area contributed by atoms with E-state index in [1.807, 2.05) is 25.6 Å². The molecule has 0 saturated heterocycles. The molecule has 0 N–H and O–H groups in total. The van der Waals surface area contributed by atoms with E-state index in [1.165, 1.54) is 5.69 Å². The number of nitrogens with zero attached hydrogens (tertiary/aromatic N) is 2. The molecule has 0 aromatic carbocycles. The lowest BCUT2D eigenvalue weighted by molar-refractivity contribution is -0.118. The maximum Gasteiger partial charge on any atom is 0.132 e. The number of aromatic nitrogens is 2. The van der Waals surface area contributed by atoms with Crippen molar-refractivity contribution in [3.63, 3.8) is 0 Å². The fourth-order valence-electron chi connectivity index (χ4n) is 1.58. The zero-order chi connectivity index (χ0) is 11.4. The SMILES string of the molecule is CCC(=O)CCCc1c(Br)c(C)nn1C. The van der Waals surface area contributed by atoms with Crippen LogP contribution in [0.2, 0.25) is 0 Å². The molecule has 0 amide bonds. The van der Waals surface area contributed by atoms with Gasteiger partial charge in [0, 0.05) is 19.9 Å². The summed E-state index contributed by atoms with van der Waals surface area (Å²) in [5, 5.41) is 4.31. The van der Waals surface area contributed by atoms with Crippen molar-refractivity contribution in [2.75, 3.05) is 0 Å². The van der Waals surface area contributed by atoms with Crippen LogP contribution in [-0.2, 0) is 18.3 Å². The molecule has 15 heavy (non-hydrogen) atoms. The molecule has 1 heterocycles. The number of halogens is 1. The van der Waals surface area contributed by atoms with Gasteiger partial charge in [-0.25, -0.2) is 0 Å². The van der Waals surface area contributed by atoms with Crippen molar-refractivity contribution in [1.82, 2.24) is 9.78 Å². The van der Waals surface area contributed by atoms with E-state index in [0.29, 0.717) is 18.6 Å². The maximum atomic E-state index is 11.1. The van der Waals surface area contributed by atoms with Crippen molar-refractivity contribution in [3.8, 4) is 0 Å². The van der Waals surface area contributed by atoms with E-state index in [4.69, 9.17) is 0 Å². The molecular formula is C11H17BrN2O. The lowest BCUT2D eigenvalue weighted by Gasteiger charge is -2.02. The minimum Gasteiger partial charge on any atom is -0.300 e. The normalized spacial score (nSPS) is 10.7. The summed E-state index contributed by atoms with van der Waals surface area (Å²) < 4.78 is 2.96. The standard InChI is InChI=1S/C11H17BrN2O/c1-4-9(15)6-5-7-10-11(12)8(2)13-14(10)3/h4-7H2,1-3H3. The van der Waals surface area contributed by atoms with Gasteiger partial charge in [-0.3, -0.25) is 9.48 Å². The van der Waals surface area contributed by atoms with E-state index in [0.717, 1.165) is 23.0 Å². The van der Waals surface area contributed by atoms with Crippen molar-refractivity contribution >= 4 is 21.7 Å². The average Bonchev–Trinajstić information content (AvgIpc) is 2.44. The van der Waals surface area contributed by atoms with Gasteiger partial charge in [0.1, 0.15) is 5.78 Å². The molecule has 4 heteroatoms. The zero-order valence-electron chi connectivity index (χ0n) is 9.51. The molecule has 1 aromatic heterocycles. The van der Waals surface area contributed by atoms with Crippen molar-refractivity contribution in [1.29, 1.82) is 0 Å². The molecule has 3 nitrogen and oxygen atoms in total. The molecule has 0 aliphatic carbocycles. The van der Waals surface area contributed by atoms with Gasteiger partial charge in [-0.05, 0) is 35.7 Å². The van der Waals surface area contributed by atoms with Crippen LogP contribution < -0.4 is 0 Å². The molecule has 1 aromatic rings. The molecule has 0 radical (unpaired) electrons. The van der Waals surface area contributed by atoms with Gasteiger partial charge in [-0.15, -0.1) is 0 Å². The third-order valence-electron chi connectivity index (χ3n) is 2.53. The highest BCUT2D eigenvalue weighted by molar-refractivity contribution is 9.10. The van der Waals surface area contributed by atoms with Gasteiger partial charge in [0.2, 0.25) is 0 Å². The van der Waals surface area contributed by atoms with Gasteiger partial charge < -0.3 is 0 Å². The van der Waals surface area contributed by atoms with Gasteiger partial charge in [0.15, 0.2) is 0 Å². The summed E-state index contributed by atoms with van der Waals surface area (Å²) >= 11 is 3.52. The van der Waals surface area contributed by atoms with Crippen LogP contribution in [0, 0.1) is 6.92 Å². The predicted molar refractivity (Wildman–Crippen MR) is 63.9 cm³/mol. The summed E-state index contributed by atoms with van der Waals surface area (Å²) in [5.74, 6) is 0.338. The molecule has 0 fully saturated rings. The molecular weight excluding hydrogens is 256 g/mol. The molecule has 0 saturated carbocycles. The lowest BCUT2D eigenvalue weighted by Crippen LogP contribution is -2.01. The quantitative estimate of drug-likeness (QED) is 0.826. The Kier molecular flexibility index (Phi) is 4.51. The summed E-state index contributed by atoms with van der Waals surface area (Å²) in [7, 11) is 1.94. The van der Waals surface area contributed by atoms with Crippen molar-refractivity contribution in [3.05, 3.63) is 15.9 Å². The van der Waals surface area contributed by atoms with Crippen LogP contribution in [0.4, 0.5) is 0 Å². The van der Waals surface area contributed by atoms with Crippen LogP contribution in [0.3, 0.4) is 0 Å². The molecule has 0 aliphatic rings. The maximum absolute atomic E-state index is 11.1. The number of Topliss-reactive ketones (excluding diaryl/α,β-unsaturated/α-hetero) is 1. The second-order valence-corrected chi connectivity index (χ2v) is 4.51. The number of rotatable bonds is 5. The van der Waals surface area contributed by atoms with Gasteiger partial charge >= 0.3 is 0 Å². The first kappa shape index (κ1) is 12.4. The third-order valence-corrected chi connectivity index (χ3v) is 3.56. The second kappa shape index (κ2) is 5.45. The number of carbonyl (C=O) groups excluding carboxylic acids is 1. The van der Waals surface area contributed by atoms with Crippen LogP contribution in [0.15, 0.2) is 4.47 Å². The highest BCUT2D eigenvalue weighted by Gasteiger charge is 2.10. The molecule has 0 bridgehead atoms. The summed E-state index contributed by atoms with van der Waals surface area (Å²) in [6.45, 7) is 3.89. The van der Waals surface area contributed by atoms with E-state index < -0.39 is 0 Å². The minimum atomic E-state index is 0.338. The fourth-order valence-corrected chi connectivity index (χ4v) is 2.12. The monoisotopic (exact) mass is 272 g/mol. The number of carbonyl (C=O) groups is 1. The van der Waals surface area contributed by atoms with Gasteiger partial charge in [0.05, 0.1) is 15.9 Å². The van der Waals surface area contributed by atoms with E-state index in [2.05, 4.69) is 21.0 Å². The average molecular weight is 273 g/mol. The number of hydrogen-bond acceptors (Lipinski definition) is 2. The number of aryl methyl sites for hydroxylation is 2. The van der Waals surface area contributed by atoms with E-state index in [1.54, 1.807) is 0 Å². The van der Waals surface area contributed by atoms with Crippen LogP contribution >= 0.6 is 15.9 Å². The summed E-state index contributed by atoms with van der Waals surface area (Å²) in [6, 6.07) is 0. The largest absolute Gasteiger partial charge is 0.300 e. The van der Waals surface area contributed by atoms with Gasteiger partial charge in [-0.2, -0.15) is 5.10 Å². The number of ketones is 1. The zero-order valence-corrected chi connectivity index (χ0v) is 11.1. The summed E-state index contributed by atoms with van der Waals surface area (Å²) in [5.41, 5.74) is 2.19. The molecule has 0 spiro atoms. The molecule has 0 atom stereocenters. The molecule has 84 valence electrons. The first-order valence-electron chi connectivity index (χ1n) is 5.26. The van der Waals surface area contributed by atoms with Crippen molar-refractivity contribution < 1.29 is 4.79 Å². The van der Waals surface area contributed by atoms with Crippen molar-refractivity contribution in [2.45, 2.75) is 39.5 Å². The molecule has 0 unspecified atom stereocenters. The van der Waals surface area contributed by atoms with E-state index in [-0.39, 0.29) is 0 Å². The lowest BCUT2D eigenvalue weighted by atomic mass is 10.1. The smallest absolute Gasteiger partial charge is 0.132 e. The summed E-state index contributed by atoms with van der Waals surface area (Å²) in [6.07, 6.45) is 3.13. The Hall–Kier alpha value is -0.640. The Morgan fingerprint density at radius 3 is 2.67 bits per heavy atom. The van der Waals surface area contributed by atoms with Crippen LogP contribution in [0.25, 0.3) is 0 Å². The highest BCUT2D eigenvalue weighted by Crippen LogP contribution is 2.21. The highest BCUT2D eigenvalue weighted by atomic mass is 79.9. The van der Waals surface area contributed by atoms with Crippen LogP contribution in [-0.4, -0.2) is 15.6 Å². The Bertz CT molecular complexity index is 358. The van der Waals surface area contributed by atoms with Crippen LogP contribution in [0.5, 0.6) is 0 Å². The predicted octanol–water partition coefficient (Wildman–Crippen LogP) is 2.79. The fraction of sp³-hybridized carbons (Fsp3) is 0.636. The van der Waals surface area contributed by atoms with Gasteiger partial charge in [-0.1, -0.05) is 6.92 Å².